The molecule has 2 atom stereocenters. The van der Waals surface area contributed by atoms with Gasteiger partial charge >= 0.3 is 11.5 Å². The molecule has 0 N–H and O–H groups in total. The molecule has 0 unspecified atom stereocenters. The number of hydrogen-bond acceptors (Lipinski definition) is 2. The van der Waals surface area contributed by atoms with Gasteiger partial charge in [0.1, 0.15) is 6.10 Å². The van der Waals surface area contributed by atoms with Gasteiger partial charge in [-0.25, -0.2) is 11.4 Å². The Balaban J connectivity index is 2.82. The molecular weight excluding hydrogens is 281 g/mol. The molecule has 70 valence electrons. The molecule has 1 aliphatic heterocycles. The monoisotopic (exact) mass is 291 g/mol. The summed E-state index contributed by atoms with van der Waals surface area (Å²) in [5.74, 6) is -0.371. The Bertz CT molecular complexity index is 282. The van der Waals surface area contributed by atoms with Crippen LogP contribution in [0.1, 0.15) is 19.8 Å². The molecule has 0 aliphatic carbocycles. The molecule has 0 spiro atoms. The normalized spacial score (nSPS) is 33.3. The first-order chi connectivity index (χ1) is 6.14. The van der Waals surface area contributed by atoms with Crippen molar-refractivity contribution in [3.05, 3.63) is 21.6 Å². The lowest BCUT2D eigenvalue weighted by Gasteiger charge is -2.07. The van der Waals surface area contributed by atoms with E-state index < -0.39 is 5.54 Å². The molecule has 0 radical (unpaired) electrons. The van der Waals surface area contributed by atoms with Crippen molar-refractivity contribution in [2.75, 3.05) is 0 Å². The van der Waals surface area contributed by atoms with Crippen molar-refractivity contribution in [3.63, 3.8) is 0 Å². The van der Waals surface area contributed by atoms with Gasteiger partial charge in [-0.3, -0.25) is 4.85 Å². The third-order valence-corrected chi connectivity index (χ3v) is 2.58. The van der Waals surface area contributed by atoms with Crippen molar-refractivity contribution in [3.8, 4) is 0 Å². The highest BCUT2D eigenvalue weighted by Gasteiger charge is 2.53. The maximum Gasteiger partial charge on any atom is 0.394 e. The molecular formula is C9H10INO2. The molecule has 0 aromatic heterocycles. The van der Waals surface area contributed by atoms with Crippen LogP contribution >= 0.6 is 22.6 Å². The largest absolute Gasteiger partial charge is 0.456 e. The summed E-state index contributed by atoms with van der Waals surface area (Å²) in [6.45, 7) is 8.85. The second-order valence-electron chi connectivity index (χ2n) is 3.13. The summed E-state index contributed by atoms with van der Waals surface area (Å²) >= 11 is 2.07. The van der Waals surface area contributed by atoms with Crippen molar-refractivity contribution >= 4 is 28.6 Å². The van der Waals surface area contributed by atoms with Gasteiger partial charge in [0.15, 0.2) is 0 Å². The van der Waals surface area contributed by atoms with Crippen molar-refractivity contribution < 1.29 is 9.53 Å². The van der Waals surface area contributed by atoms with Crippen molar-refractivity contribution in [1.82, 2.24) is 0 Å². The maximum absolute atomic E-state index is 11.4. The average molecular weight is 291 g/mol. The number of halogens is 1. The van der Waals surface area contributed by atoms with Gasteiger partial charge in [0.25, 0.3) is 0 Å². The number of nitrogens with zero attached hydrogens (tertiary/aromatic N) is 1. The zero-order valence-electron chi connectivity index (χ0n) is 7.29. The van der Waals surface area contributed by atoms with E-state index in [1.807, 2.05) is 17.1 Å². The van der Waals surface area contributed by atoms with E-state index in [9.17, 15) is 4.79 Å². The topological polar surface area (TPSA) is 30.7 Å². The smallest absolute Gasteiger partial charge is 0.394 e. The van der Waals surface area contributed by atoms with E-state index in [-0.39, 0.29) is 12.1 Å². The zero-order chi connectivity index (χ0) is 9.90. The van der Waals surface area contributed by atoms with E-state index in [0.717, 1.165) is 0 Å². The summed E-state index contributed by atoms with van der Waals surface area (Å²) in [4.78, 5) is 14.8. The Kier molecular flexibility index (Phi) is 3.31. The quantitative estimate of drug-likeness (QED) is 0.444. The lowest BCUT2D eigenvalue weighted by Crippen LogP contribution is -2.29. The van der Waals surface area contributed by atoms with Crippen molar-refractivity contribution in [2.45, 2.75) is 31.4 Å². The van der Waals surface area contributed by atoms with E-state index in [4.69, 9.17) is 11.3 Å². The Labute approximate surface area is 91.1 Å². The molecule has 0 bridgehead atoms. The lowest BCUT2D eigenvalue weighted by molar-refractivity contribution is -0.143. The molecule has 1 saturated heterocycles. The van der Waals surface area contributed by atoms with Crippen molar-refractivity contribution in [1.29, 1.82) is 0 Å². The average Bonchev–Trinajstić information content (AvgIpc) is 2.38. The van der Waals surface area contributed by atoms with Gasteiger partial charge in [0, 0.05) is 0 Å². The fraction of sp³-hybridized carbons (Fsp3) is 0.556. The van der Waals surface area contributed by atoms with Crippen LogP contribution in [0.15, 0.2) is 10.2 Å². The molecule has 0 saturated carbocycles. The number of carbonyl (C=O) groups is 1. The Morgan fingerprint density at radius 2 is 2.62 bits per heavy atom. The molecule has 0 amide bonds. The van der Waals surface area contributed by atoms with Crippen molar-refractivity contribution in [2.24, 2.45) is 0 Å². The van der Waals surface area contributed by atoms with E-state index in [1.165, 1.54) is 0 Å². The first-order valence-corrected chi connectivity index (χ1v) is 5.24. The number of carbonyl (C=O) groups excluding carboxylic acids is 1. The van der Waals surface area contributed by atoms with Crippen LogP contribution in [-0.2, 0) is 9.53 Å². The minimum absolute atomic E-state index is 0.121. The highest BCUT2D eigenvalue weighted by molar-refractivity contribution is 14.1. The Hall–Kier alpha value is -0.570. The molecule has 4 heteroatoms. The summed E-state index contributed by atoms with van der Waals surface area (Å²) in [6.07, 6.45) is 2.68. The predicted molar refractivity (Wildman–Crippen MR) is 57.3 cm³/mol. The van der Waals surface area contributed by atoms with Gasteiger partial charge in [0.2, 0.25) is 0 Å². The van der Waals surface area contributed by atoms with Crippen LogP contribution in [0.5, 0.6) is 0 Å². The maximum atomic E-state index is 11.4. The van der Waals surface area contributed by atoms with Gasteiger partial charge in [-0.05, 0) is 11.0 Å². The van der Waals surface area contributed by atoms with Crippen LogP contribution in [0.3, 0.4) is 0 Å². The molecule has 1 heterocycles. The first-order valence-electron chi connectivity index (χ1n) is 3.99. The summed E-state index contributed by atoms with van der Waals surface area (Å²) in [5, 5.41) is 0. The van der Waals surface area contributed by atoms with Gasteiger partial charge in [-0.1, -0.05) is 28.7 Å². The third kappa shape index (κ3) is 2.02. The third-order valence-electron chi connectivity index (χ3n) is 2.07. The van der Waals surface area contributed by atoms with Crippen LogP contribution in [0.4, 0.5) is 0 Å². The Morgan fingerprint density at radius 3 is 3.00 bits per heavy atom. The van der Waals surface area contributed by atoms with Gasteiger partial charge in [0.05, 0.1) is 12.8 Å². The SMILES string of the molecule is [C-]#[N+][C@]1(C/C=C/I)C[C@H](C)OC1=O. The second kappa shape index (κ2) is 4.09. The molecule has 1 fully saturated rings. The fourth-order valence-corrected chi connectivity index (χ4v) is 1.69. The van der Waals surface area contributed by atoms with Gasteiger partial charge < -0.3 is 4.74 Å². The molecule has 0 aromatic rings. The number of cyclic esters (lactones) is 1. The standard InChI is InChI=1S/C9H10INO2/c1-7-6-9(11-2,4-3-5-10)8(12)13-7/h3,5,7H,4,6H2,1H3/b5-3+/t7-,9+/m0/s1. The van der Waals surface area contributed by atoms with E-state index in [2.05, 4.69) is 27.4 Å². The van der Waals surface area contributed by atoms with E-state index >= 15 is 0 Å². The predicted octanol–water partition coefficient (Wildman–Crippen LogP) is 2.32. The minimum Gasteiger partial charge on any atom is -0.456 e. The minimum atomic E-state index is -0.943. The molecule has 3 nitrogen and oxygen atoms in total. The number of esters is 1. The molecule has 13 heavy (non-hydrogen) atoms. The van der Waals surface area contributed by atoms with Crippen LogP contribution in [0.25, 0.3) is 4.85 Å². The lowest BCUT2D eigenvalue weighted by atomic mass is 9.93. The highest BCUT2D eigenvalue weighted by Crippen LogP contribution is 2.33. The van der Waals surface area contributed by atoms with Crippen LogP contribution in [-0.4, -0.2) is 17.6 Å². The molecule has 0 aromatic carbocycles. The van der Waals surface area contributed by atoms with Crippen LogP contribution < -0.4 is 0 Å². The second-order valence-corrected chi connectivity index (χ2v) is 3.85. The molecule has 1 aliphatic rings. The Morgan fingerprint density at radius 1 is 1.92 bits per heavy atom. The fourth-order valence-electron chi connectivity index (χ4n) is 1.44. The van der Waals surface area contributed by atoms with Gasteiger partial charge in [-0.2, -0.15) is 0 Å². The van der Waals surface area contributed by atoms with Crippen LogP contribution in [0.2, 0.25) is 0 Å². The number of rotatable bonds is 2. The summed E-state index contributed by atoms with van der Waals surface area (Å²) < 4.78 is 6.80. The number of hydrogen-bond donors (Lipinski definition) is 0. The zero-order valence-corrected chi connectivity index (χ0v) is 9.45. The summed E-state index contributed by atoms with van der Waals surface area (Å²) in [5.41, 5.74) is -0.943. The van der Waals surface area contributed by atoms with Crippen LogP contribution in [0, 0.1) is 6.57 Å². The number of ether oxygens (including phenoxy) is 1. The summed E-state index contributed by atoms with van der Waals surface area (Å²) in [6, 6.07) is 0. The van der Waals surface area contributed by atoms with E-state index in [1.54, 1.807) is 0 Å². The van der Waals surface area contributed by atoms with E-state index in [0.29, 0.717) is 12.8 Å². The highest BCUT2D eigenvalue weighted by atomic mass is 127. The summed E-state index contributed by atoms with van der Waals surface area (Å²) in [7, 11) is 0. The van der Waals surface area contributed by atoms with Gasteiger partial charge in [-0.15, -0.1) is 0 Å². The first kappa shape index (κ1) is 10.5. The molecule has 1 rings (SSSR count).